The van der Waals surface area contributed by atoms with E-state index in [1.807, 2.05) is 13.8 Å². The third-order valence-corrected chi connectivity index (χ3v) is 5.54. The lowest BCUT2D eigenvalue weighted by Gasteiger charge is -2.12. The molecule has 120 valence electrons. The molecule has 0 aliphatic heterocycles. The summed E-state index contributed by atoms with van der Waals surface area (Å²) >= 11 is 6.50. The van der Waals surface area contributed by atoms with Gasteiger partial charge in [0.2, 0.25) is 10.0 Å². The molecule has 0 saturated heterocycles. The summed E-state index contributed by atoms with van der Waals surface area (Å²) in [4.78, 5) is 0.0733. The van der Waals surface area contributed by atoms with Crippen molar-refractivity contribution in [1.82, 2.24) is 4.72 Å². The van der Waals surface area contributed by atoms with Gasteiger partial charge in [-0.2, -0.15) is 0 Å². The number of nitrogens with two attached hydrogens (primary N) is 1. The quantitative estimate of drug-likeness (QED) is 0.477. The number of rotatable bonds is 8. The summed E-state index contributed by atoms with van der Waals surface area (Å²) in [6.45, 7) is 4.92. The van der Waals surface area contributed by atoms with Crippen molar-refractivity contribution in [2.24, 2.45) is 0 Å². The number of nitrogens with one attached hydrogen (secondary N) is 1. The number of ether oxygens (including phenoxy) is 1. The van der Waals surface area contributed by atoms with Crippen LogP contribution >= 0.6 is 31.9 Å². The maximum atomic E-state index is 12.3. The van der Waals surface area contributed by atoms with Crippen LogP contribution in [0.4, 0.5) is 5.69 Å². The van der Waals surface area contributed by atoms with Gasteiger partial charge in [0.05, 0.1) is 11.8 Å². The van der Waals surface area contributed by atoms with E-state index in [-0.39, 0.29) is 16.7 Å². The van der Waals surface area contributed by atoms with E-state index in [4.69, 9.17) is 10.5 Å². The second kappa shape index (κ2) is 8.47. The largest absolute Gasteiger partial charge is 0.398 e. The third-order valence-electron chi connectivity index (χ3n) is 2.62. The molecule has 1 aromatic rings. The zero-order valence-electron chi connectivity index (χ0n) is 12.0. The molecular weight excluding hydrogens is 424 g/mol. The first-order chi connectivity index (χ1) is 9.74. The van der Waals surface area contributed by atoms with Gasteiger partial charge in [-0.25, -0.2) is 13.1 Å². The van der Waals surface area contributed by atoms with E-state index in [0.717, 1.165) is 10.9 Å². The number of halogens is 2. The minimum Gasteiger partial charge on any atom is -0.398 e. The number of benzene rings is 1. The molecule has 1 rings (SSSR count). The number of unbranched alkanes of at least 4 members (excludes halogenated alkanes) is 1. The van der Waals surface area contributed by atoms with Gasteiger partial charge in [-0.05, 0) is 54.8 Å². The lowest BCUT2D eigenvalue weighted by molar-refractivity contribution is 0.0762. The zero-order chi connectivity index (χ0) is 16.0. The second-order valence-corrected chi connectivity index (χ2v) is 8.30. The van der Waals surface area contributed by atoms with Gasteiger partial charge in [-0.15, -0.1) is 0 Å². The Hall–Kier alpha value is -0.150. The summed E-state index contributed by atoms with van der Waals surface area (Å²) in [6, 6.07) is 3.22. The Kier molecular flexibility index (Phi) is 7.63. The van der Waals surface area contributed by atoms with Crippen molar-refractivity contribution in [2.45, 2.75) is 37.7 Å². The maximum absolute atomic E-state index is 12.3. The summed E-state index contributed by atoms with van der Waals surface area (Å²) in [7, 11) is -3.63. The van der Waals surface area contributed by atoms with Crippen LogP contribution in [0.25, 0.3) is 0 Å². The number of hydrogen-bond donors (Lipinski definition) is 2. The standard InChI is InChI=1S/C13H20Br2N2O3S/c1-9(2)20-6-4-3-5-17-21(18,19)13-11(15)7-10(14)8-12(13)16/h7-9,17H,3-6,16H2,1-2H3. The molecule has 0 spiro atoms. The van der Waals surface area contributed by atoms with Crippen molar-refractivity contribution in [2.75, 3.05) is 18.9 Å². The van der Waals surface area contributed by atoms with Crippen LogP contribution in [0, 0.1) is 0 Å². The van der Waals surface area contributed by atoms with E-state index in [2.05, 4.69) is 36.6 Å². The summed E-state index contributed by atoms with van der Waals surface area (Å²) in [5.74, 6) is 0. The highest BCUT2D eigenvalue weighted by Gasteiger charge is 2.21. The van der Waals surface area contributed by atoms with Crippen LogP contribution < -0.4 is 10.5 Å². The van der Waals surface area contributed by atoms with Crippen LogP contribution in [0.1, 0.15) is 26.7 Å². The second-order valence-electron chi connectivity index (χ2n) is 4.83. The first-order valence-electron chi connectivity index (χ1n) is 6.60. The van der Waals surface area contributed by atoms with E-state index in [9.17, 15) is 8.42 Å². The Morgan fingerprint density at radius 2 is 1.95 bits per heavy atom. The maximum Gasteiger partial charge on any atom is 0.243 e. The average Bonchev–Trinajstić information content (AvgIpc) is 2.31. The highest BCUT2D eigenvalue weighted by molar-refractivity contribution is 9.11. The summed E-state index contributed by atoms with van der Waals surface area (Å²) in [6.07, 6.45) is 1.71. The Morgan fingerprint density at radius 1 is 1.29 bits per heavy atom. The molecule has 5 nitrogen and oxygen atoms in total. The lowest BCUT2D eigenvalue weighted by atomic mass is 10.3. The van der Waals surface area contributed by atoms with E-state index < -0.39 is 10.0 Å². The fourth-order valence-corrected chi connectivity index (χ4v) is 4.83. The monoisotopic (exact) mass is 442 g/mol. The van der Waals surface area contributed by atoms with Gasteiger partial charge in [0, 0.05) is 22.1 Å². The molecule has 0 saturated carbocycles. The van der Waals surface area contributed by atoms with Gasteiger partial charge < -0.3 is 10.5 Å². The number of sulfonamides is 1. The molecule has 3 N–H and O–H groups in total. The average molecular weight is 444 g/mol. The summed E-state index contributed by atoms with van der Waals surface area (Å²) in [5.41, 5.74) is 6.00. The predicted octanol–water partition coefficient (Wildman–Crippen LogP) is 3.28. The molecule has 8 heteroatoms. The van der Waals surface area contributed by atoms with Crippen LogP contribution in [0.2, 0.25) is 0 Å². The fourth-order valence-electron chi connectivity index (χ4n) is 1.69. The molecule has 0 fully saturated rings. The third kappa shape index (κ3) is 6.23. The normalized spacial score (nSPS) is 12.0. The molecular formula is C13H20Br2N2O3S. The van der Waals surface area contributed by atoms with E-state index in [1.165, 1.54) is 0 Å². The van der Waals surface area contributed by atoms with Gasteiger partial charge in [-0.3, -0.25) is 0 Å². The fraction of sp³-hybridized carbons (Fsp3) is 0.538. The summed E-state index contributed by atoms with van der Waals surface area (Å²) < 4.78 is 33.6. The molecule has 0 unspecified atom stereocenters. The molecule has 0 atom stereocenters. The number of nitrogen functional groups attached to an aromatic ring is 1. The van der Waals surface area contributed by atoms with Gasteiger partial charge in [0.15, 0.2) is 0 Å². The van der Waals surface area contributed by atoms with E-state index in [0.29, 0.717) is 24.0 Å². The van der Waals surface area contributed by atoms with Crippen LogP contribution in [0.3, 0.4) is 0 Å². The predicted molar refractivity (Wildman–Crippen MR) is 91.8 cm³/mol. The number of hydrogen-bond acceptors (Lipinski definition) is 4. The zero-order valence-corrected chi connectivity index (χ0v) is 16.0. The molecule has 0 radical (unpaired) electrons. The molecule has 0 bridgehead atoms. The van der Waals surface area contributed by atoms with Gasteiger partial charge >= 0.3 is 0 Å². The van der Waals surface area contributed by atoms with E-state index >= 15 is 0 Å². The minimum absolute atomic E-state index is 0.0733. The van der Waals surface area contributed by atoms with Crippen molar-refractivity contribution >= 4 is 47.6 Å². The molecule has 21 heavy (non-hydrogen) atoms. The Bertz CT molecular complexity index is 554. The van der Waals surface area contributed by atoms with Gasteiger partial charge in [-0.1, -0.05) is 15.9 Å². The number of anilines is 1. The van der Waals surface area contributed by atoms with Gasteiger partial charge in [0.25, 0.3) is 0 Å². The molecule has 0 heterocycles. The van der Waals surface area contributed by atoms with E-state index in [1.54, 1.807) is 12.1 Å². The van der Waals surface area contributed by atoms with Crippen molar-refractivity contribution < 1.29 is 13.2 Å². The smallest absolute Gasteiger partial charge is 0.243 e. The Morgan fingerprint density at radius 3 is 2.52 bits per heavy atom. The first-order valence-corrected chi connectivity index (χ1v) is 9.66. The van der Waals surface area contributed by atoms with Crippen molar-refractivity contribution in [3.8, 4) is 0 Å². The highest BCUT2D eigenvalue weighted by Crippen LogP contribution is 2.31. The van der Waals surface area contributed by atoms with Crippen molar-refractivity contribution in [1.29, 1.82) is 0 Å². The minimum atomic E-state index is -3.63. The Balaban J connectivity index is 2.59. The molecule has 0 aliphatic carbocycles. The SMILES string of the molecule is CC(C)OCCCCNS(=O)(=O)c1c(N)cc(Br)cc1Br. The van der Waals surface area contributed by atoms with Crippen LogP contribution in [-0.4, -0.2) is 27.7 Å². The molecule has 1 aromatic carbocycles. The first kappa shape index (κ1) is 18.9. The molecule has 0 amide bonds. The molecule has 0 aliphatic rings. The Labute approximate surface area is 142 Å². The highest BCUT2D eigenvalue weighted by atomic mass is 79.9. The van der Waals surface area contributed by atoms with Crippen LogP contribution in [-0.2, 0) is 14.8 Å². The van der Waals surface area contributed by atoms with Crippen LogP contribution in [0.5, 0.6) is 0 Å². The summed E-state index contributed by atoms with van der Waals surface area (Å²) in [5, 5.41) is 0. The topological polar surface area (TPSA) is 81.4 Å². The van der Waals surface area contributed by atoms with Crippen molar-refractivity contribution in [3.05, 3.63) is 21.1 Å². The van der Waals surface area contributed by atoms with Gasteiger partial charge in [0.1, 0.15) is 4.90 Å². The van der Waals surface area contributed by atoms with Crippen molar-refractivity contribution in [3.63, 3.8) is 0 Å². The molecule has 0 aromatic heterocycles. The lowest BCUT2D eigenvalue weighted by Crippen LogP contribution is -2.26. The van der Waals surface area contributed by atoms with Crippen LogP contribution in [0.15, 0.2) is 26.0 Å².